The Morgan fingerprint density at radius 1 is 0.760 bits per heavy atom. The van der Waals surface area contributed by atoms with Crippen LogP contribution in [-0.4, -0.2) is 13.2 Å². The largest absolute Gasteiger partial charge is 0.495 e. The summed E-state index contributed by atoms with van der Waals surface area (Å²) in [7, 11) is 0. The first kappa shape index (κ1) is 22.9. The van der Waals surface area contributed by atoms with Crippen LogP contribution in [-0.2, 0) is 14.2 Å². The number of allylic oxidation sites excluding steroid dienone is 2. The van der Waals surface area contributed by atoms with Gasteiger partial charge in [0.05, 0.1) is 25.4 Å². The molecule has 0 bridgehead atoms. The van der Waals surface area contributed by atoms with E-state index in [2.05, 4.69) is 26.0 Å². The zero-order chi connectivity index (χ0) is 18.6. The van der Waals surface area contributed by atoms with Crippen LogP contribution in [0.4, 0.5) is 0 Å². The fraction of sp³-hybridized carbons (Fsp3) is 0.700. The van der Waals surface area contributed by atoms with E-state index in [1.165, 1.54) is 0 Å². The Morgan fingerprint density at radius 2 is 1.20 bits per heavy atom. The van der Waals surface area contributed by atoms with Crippen molar-refractivity contribution < 1.29 is 14.2 Å². The molecule has 0 aliphatic heterocycles. The van der Waals surface area contributed by atoms with Crippen molar-refractivity contribution in [3.8, 4) is 12.1 Å². The van der Waals surface area contributed by atoms with Gasteiger partial charge in [-0.05, 0) is 25.7 Å². The Bertz CT molecular complexity index is 417. The fourth-order valence-electron chi connectivity index (χ4n) is 1.93. The highest BCUT2D eigenvalue weighted by Gasteiger charge is 2.02. The van der Waals surface area contributed by atoms with Crippen LogP contribution in [0.2, 0.25) is 0 Å². The van der Waals surface area contributed by atoms with E-state index in [-0.39, 0.29) is 0 Å². The van der Waals surface area contributed by atoms with E-state index in [0.29, 0.717) is 26.1 Å². The van der Waals surface area contributed by atoms with Crippen LogP contribution in [0.3, 0.4) is 0 Å². The first-order valence-corrected chi connectivity index (χ1v) is 9.31. The molecule has 0 heterocycles. The lowest BCUT2D eigenvalue weighted by Gasteiger charge is -2.11. The second-order valence-electron chi connectivity index (χ2n) is 5.73. The molecule has 0 saturated heterocycles. The van der Waals surface area contributed by atoms with E-state index in [1.807, 2.05) is 0 Å². The predicted molar refractivity (Wildman–Crippen MR) is 97.9 cm³/mol. The van der Waals surface area contributed by atoms with Gasteiger partial charge in [0.25, 0.3) is 0 Å². The molecule has 0 aliphatic rings. The van der Waals surface area contributed by atoms with E-state index < -0.39 is 0 Å². The van der Waals surface area contributed by atoms with Gasteiger partial charge in [0.15, 0.2) is 0 Å². The highest BCUT2D eigenvalue weighted by atomic mass is 16.5. The lowest BCUT2D eigenvalue weighted by atomic mass is 10.2. The molecule has 0 rings (SSSR count). The summed E-state index contributed by atoms with van der Waals surface area (Å²) >= 11 is 0. The van der Waals surface area contributed by atoms with E-state index in [0.717, 1.165) is 62.9 Å². The summed E-state index contributed by atoms with van der Waals surface area (Å²) in [5.74, 6) is 1.60. The second kappa shape index (κ2) is 18.2. The van der Waals surface area contributed by atoms with Gasteiger partial charge in [0, 0.05) is 25.7 Å². The summed E-state index contributed by atoms with van der Waals surface area (Å²) in [6, 6.07) is 4.23. The van der Waals surface area contributed by atoms with Crippen LogP contribution < -0.4 is 0 Å². The maximum atomic E-state index is 8.57. The van der Waals surface area contributed by atoms with E-state index in [1.54, 1.807) is 12.5 Å². The molecule has 0 aromatic heterocycles. The summed E-state index contributed by atoms with van der Waals surface area (Å²) in [6.45, 7) is 5.32. The molecule has 0 radical (unpaired) electrons. The number of nitrogens with zero attached hydrogens (tertiary/aromatic N) is 2. The lowest BCUT2D eigenvalue weighted by molar-refractivity contribution is 0.170. The van der Waals surface area contributed by atoms with Crippen molar-refractivity contribution in [3.63, 3.8) is 0 Å². The number of ether oxygens (including phenoxy) is 3. The average Bonchev–Trinajstić information content (AvgIpc) is 2.63. The Labute approximate surface area is 152 Å². The first-order chi connectivity index (χ1) is 12.3. The molecule has 140 valence electrons. The van der Waals surface area contributed by atoms with Crippen molar-refractivity contribution in [2.75, 3.05) is 13.2 Å². The van der Waals surface area contributed by atoms with Crippen molar-refractivity contribution in [3.05, 3.63) is 24.0 Å². The number of rotatable bonds is 16. The molecule has 0 spiro atoms. The van der Waals surface area contributed by atoms with E-state index in [9.17, 15) is 0 Å². The molecule has 0 aliphatic carbocycles. The van der Waals surface area contributed by atoms with Gasteiger partial charge < -0.3 is 14.2 Å². The minimum absolute atomic E-state index is 0.500. The van der Waals surface area contributed by atoms with Crippen molar-refractivity contribution in [2.24, 2.45) is 0 Å². The molecule has 0 atom stereocenters. The molecule has 0 aromatic carbocycles. The third-order valence-electron chi connectivity index (χ3n) is 3.39. The Hall–Kier alpha value is -2.14. The summed E-state index contributed by atoms with van der Waals surface area (Å²) in [5.41, 5.74) is 0. The average molecular weight is 348 g/mol. The molecule has 5 nitrogen and oxygen atoms in total. The SMILES string of the molecule is CCCCC(=COC=C(CCCC)OCCCC#N)OCCCC#N. The normalized spacial score (nSPS) is 11.5. The molecule has 0 N–H and O–H groups in total. The van der Waals surface area contributed by atoms with Crippen molar-refractivity contribution >= 4 is 0 Å². The Morgan fingerprint density at radius 3 is 1.56 bits per heavy atom. The first-order valence-electron chi connectivity index (χ1n) is 9.31. The molecule has 5 heteroatoms. The van der Waals surface area contributed by atoms with Crippen molar-refractivity contribution in [1.29, 1.82) is 10.5 Å². The highest BCUT2D eigenvalue weighted by Crippen LogP contribution is 2.13. The fourth-order valence-corrected chi connectivity index (χ4v) is 1.93. The molecule has 0 fully saturated rings. The third-order valence-corrected chi connectivity index (χ3v) is 3.39. The monoisotopic (exact) mass is 348 g/mol. The number of hydrogen-bond donors (Lipinski definition) is 0. The third kappa shape index (κ3) is 15.1. The maximum Gasteiger partial charge on any atom is 0.131 e. The van der Waals surface area contributed by atoms with Crippen molar-refractivity contribution in [1.82, 2.24) is 0 Å². The van der Waals surface area contributed by atoms with Crippen LogP contribution in [0.25, 0.3) is 0 Å². The van der Waals surface area contributed by atoms with Gasteiger partial charge in [-0.2, -0.15) is 10.5 Å². The predicted octanol–water partition coefficient (Wildman–Crippen LogP) is 5.71. The molecule has 25 heavy (non-hydrogen) atoms. The quantitative estimate of drug-likeness (QED) is 0.264. The van der Waals surface area contributed by atoms with Gasteiger partial charge in [-0.15, -0.1) is 0 Å². The smallest absolute Gasteiger partial charge is 0.131 e. The summed E-state index contributed by atoms with van der Waals surface area (Å²) < 4.78 is 17.0. The van der Waals surface area contributed by atoms with Crippen LogP contribution in [0, 0.1) is 22.7 Å². The minimum atomic E-state index is 0.500. The number of nitriles is 2. The summed E-state index contributed by atoms with van der Waals surface area (Å²) in [4.78, 5) is 0. The number of hydrogen-bond acceptors (Lipinski definition) is 5. The van der Waals surface area contributed by atoms with Crippen molar-refractivity contribution in [2.45, 2.75) is 78.1 Å². The Balaban J connectivity index is 4.52. The molecule has 0 amide bonds. The summed E-state index contributed by atoms with van der Waals surface area (Å²) in [6.07, 6.45) is 11.6. The van der Waals surface area contributed by atoms with Crippen LogP contribution >= 0.6 is 0 Å². The Kier molecular flexibility index (Phi) is 16.6. The standard InChI is InChI=1S/C20H32N2O3/c1-3-5-11-19(24-15-9-7-13-21)17-23-18-20(12-6-4-2)25-16-10-8-14-22/h17-18H,3-12,15-16H2,1-2H3. The van der Waals surface area contributed by atoms with Crippen LogP contribution in [0.1, 0.15) is 78.1 Å². The van der Waals surface area contributed by atoms with Gasteiger partial charge in [0.1, 0.15) is 24.0 Å². The van der Waals surface area contributed by atoms with Crippen LogP contribution in [0.15, 0.2) is 24.0 Å². The van der Waals surface area contributed by atoms with Gasteiger partial charge in [-0.1, -0.05) is 26.7 Å². The van der Waals surface area contributed by atoms with Gasteiger partial charge in [-0.25, -0.2) is 0 Å². The van der Waals surface area contributed by atoms with Crippen LogP contribution in [0.5, 0.6) is 0 Å². The zero-order valence-electron chi connectivity index (χ0n) is 15.8. The summed E-state index contributed by atoms with van der Waals surface area (Å²) in [5, 5.41) is 17.1. The molecule has 0 aromatic rings. The minimum Gasteiger partial charge on any atom is -0.495 e. The van der Waals surface area contributed by atoms with E-state index >= 15 is 0 Å². The molecule has 0 unspecified atom stereocenters. The van der Waals surface area contributed by atoms with E-state index in [4.69, 9.17) is 24.7 Å². The second-order valence-corrected chi connectivity index (χ2v) is 5.73. The van der Waals surface area contributed by atoms with Gasteiger partial charge in [0.2, 0.25) is 0 Å². The maximum absolute atomic E-state index is 8.57. The van der Waals surface area contributed by atoms with Gasteiger partial charge >= 0.3 is 0 Å². The lowest BCUT2D eigenvalue weighted by Crippen LogP contribution is -1.98. The number of unbranched alkanes of at least 4 members (excludes halogenated alkanes) is 4. The molecule has 0 saturated carbocycles. The molecular weight excluding hydrogens is 316 g/mol. The highest BCUT2D eigenvalue weighted by molar-refractivity contribution is 4.93. The zero-order valence-corrected chi connectivity index (χ0v) is 15.8. The molecular formula is C20H32N2O3. The topological polar surface area (TPSA) is 75.3 Å². The van der Waals surface area contributed by atoms with Gasteiger partial charge in [-0.3, -0.25) is 0 Å².